The zero-order chi connectivity index (χ0) is 18.5. The van der Waals surface area contributed by atoms with Gasteiger partial charge in [-0.1, -0.05) is 43.3 Å². The monoisotopic (exact) mass is 349 g/mol. The summed E-state index contributed by atoms with van der Waals surface area (Å²) >= 11 is 0. The second-order valence-electron chi connectivity index (χ2n) is 6.32. The van der Waals surface area contributed by atoms with E-state index < -0.39 is 0 Å². The van der Waals surface area contributed by atoms with E-state index in [2.05, 4.69) is 11.4 Å². The van der Waals surface area contributed by atoms with Gasteiger partial charge in [0.25, 0.3) is 0 Å². The average Bonchev–Trinajstić information content (AvgIpc) is 2.67. The summed E-state index contributed by atoms with van der Waals surface area (Å²) in [6.45, 7) is 2.02. The van der Waals surface area contributed by atoms with Gasteiger partial charge in [0.05, 0.1) is 14.2 Å². The quantitative estimate of drug-likeness (QED) is 0.682. The Morgan fingerprint density at radius 3 is 2.46 bits per heavy atom. The van der Waals surface area contributed by atoms with Crippen LogP contribution in [0.5, 0.6) is 11.5 Å². The summed E-state index contributed by atoms with van der Waals surface area (Å²) in [7, 11) is 3.25. The van der Waals surface area contributed by atoms with Crippen LogP contribution in [0.2, 0.25) is 0 Å². The Kier molecular flexibility index (Phi) is 5.42. The fraction of sp³-hybridized carbons (Fsp3) is 0.227. The van der Waals surface area contributed by atoms with Gasteiger partial charge < -0.3 is 14.8 Å². The predicted octanol–water partition coefficient (Wildman–Crippen LogP) is 4.99. The smallest absolute Gasteiger partial charge is 0.224 e. The van der Waals surface area contributed by atoms with Gasteiger partial charge >= 0.3 is 0 Å². The number of benzene rings is 3. The van der Waals surface area contributed by atoms with E-state index >= 15 is 0 Å². The molecule has 0 heterocycles. The van der Waals surface area contributed by atoms with Gasteiger partial charge in [0.2, 0.25) is 5.91 Å². The van der Waals surface area contributed by atoms with Crippen molar-refractivity contribution in [3.8, 4) is 11.5 Å². The predicted molar refractivity (Wildman–Crippen MR) is 105 cm³/mol. The fourth-order valence-electron chi connectivity index (χ4n) is 3.09. The number of ether oxygens (including phenoxy) is 2. The Balaban J connectivity index is 1.70. The maximum absolute atomic E-state index is 12.5. The molecule has 0 spiro atoms. The molecule has 1 atom stereocenters. The van der Waals surface area contributed by atoms with E-state index in [1.54, 1.807) is 14.2 Å². The molecule has 0 aliphatic heterocycles. The van der Waals surface area contributed by atoms with Crippen LogP contribution in [0.25, 0.3) is 10.8 Å². The lowest BCUT2D eigenvalue weighted by Gasteiger charge is -2.16. The molecule has 3 aromatic carbocycles. The van der Waals surface area contributed by atoms with Gasteiger partial charge in [0, 0.05) is 18.2 Å². The number of hydrogen-bond acceptors (Lipinski definition) is 3. The van der Waals surface area contributed by atoms with Crippen molar-refractivity contribution in [2.24, 2.45) is 0 Å². The van der Waals surface area contributed by atoms with E-state index in [-0.39, 0.29) is 11.8 Å². The summed E-state index contributed by atoms with van der Waals surface area (Å²) in [4.78, 5) is 12.5. The zero-order valence-corrected chi connectivity index (χ0v) is 15.3. The minimum absolute atomic E-state index is 0.0225. The molecule has 134 valence electrons. The number of amides is 1. The number of nitrogens with one attached hydrogen (secondary N) is 1. The first-order valence-electron chi connectivity index (χ1n) is 8.61. The van der Waals surface area contributed by atoms with Crippen molar-refractivity contribution >= 4 is 22.4 Å². The van der Waals surface area contributed by atoms with E-state index in [4.69, 9.17) is 9.47 Å². The van der Waals surface area contributed by atoms with Gasteiger partial charge in [-0.2, -0.15) is 0 Å². The van der Waals surface area contributed by atoms with Crippen molar-refractivity contribution in [1.29, 1.82) is 0 Å². The van der Waals surface area contributed by atoms with Crippen LogP contribution in [0.1, 0.15) is 24.8 Å². The highest BCUT2D eigenvalue weighted by atomic mass is 16.5. The van der Waals surface area contributed by atoms with Crippen LogP contribution in [0.4, 0.5) is 5.69 Å². The van der Waals surface area contributed by atoms with Crippen molar-refractivity contribution in [2.75, 3.05) is 19.5 Å². The Hall–Kier alpha value is -3.01. The first-order valence-corrected chi connectivity index (χ1v) is 8.61. The van der Waals surface area contributed by atoms with Crippen LogP contribution in [0, 0.1) is 0 Å². The van der Waals surface area contributed by atoms with Crippen molar-refractivity contribution in [2.45, 2.75) is 19.3 Å². The van der Waals surface area contributed by atoms with Crippen LogP contribution in [0.15, 0.2) is 60.7 Å². The van der Waals surface area contributed by atoms with Crippen molar-refractivity contribution < 1.29 is 14.3 Å². The third-order valence-electron chi connectivity index (χ3n) is 4.50. The maximum Gasteiger partial charge on any atom is 0.224 e. The van der Waals surface area contributed by atoms with Crippen molar-refractivity contribution in [1.82, 2.24) is 0 Å². The van der Waals surface area contributed by atoms with Gasteiger partial charge in [-0.15, -0.1) is 0 Å². The standard InChI is InChI=1S/C22H23NO3/c1-15(20-11-10-19(25-2)14-21(20)26-3)12-22(24)23-18-9-8-16-6-4-5-7-17(16)13-18/h4-11,13-15H,12H2,1-3H3,(H,23,24). The largest absolute Gasteiger partial charge is 0.497 e. The summed E-state index contributed by atoms with van der Waals surface area (Å²) < 4.78 is 10.7. The van der Waals surface area contributed by atoms with Crippen LogP contribution >= 0.6 is 0 Å². The molecule has 0 aromatic heterocycles. The maximum atomic E-state index is 12.5. The normalized spacial score (nSPS) is 11.8. The van der Waals surface area contributed by atoms with Crippen LogP contribution in [-0.2, 0) is 4.79 Å². The van der Waals surface area contributed by atoms with E-state index in [0.29, 0.717) is 6.42 Å². The zero-order valence-electron chi connectivity index (χ0n) is 15.3. The SMILES string of the molecule is COc1ccc(C(C)CC(=O)Nc2ccc3ccccc3c2)c(OC)c1. The molecular formula is C22H23NO3. The third kappa shape index (κ3) is 3.97. The second-order valence-corrected chi connectivity index (χ2v) is 6.32. The second kappa shape index (κ2) is 7.91. The topological polar surface area (TPSA) is 47.6 Å². The number of anilines is 1. The summed E-state index contributed by atoms with van der Waals surface area (Å²) in [5.74, 6) is 1.47. The molecule has 0 saturated carbocycles. The Morgan fingerprint density at radius 2 is 1.73 bits per heavy atom. The molecule has 0 bridgehead atoms. The molecule has 1 amide bonds. The van der Waals surface area contributed by atoms with E-state index in [9.17, 15) is 4.79 Å². The minimum atomic E-state index is -0.0225. The lowest BCUT2D eigenvalue weighted by Crippen LogP contribution is -2.14. The molecule has 1 N–H and O–H groups in total. The number of rotatable bonds is 6. The summed E-state index contributed by atoms with van der Waals surface area (Å²) in [5, 5.41) is 5.25. The molecule has 3 aromatic rings. The number of methoxy groups -OCH3 is 2. The van der Waals surface area contributed by atoms with Gasteiger partial charge in [0.1, 0.15) is 11.5 Å². The highest BCUT2D eigenvalue weighted by molar-refractivity contribution is 5.94. The van der Waals surface area contributed by atoms with Crippen molar-refractivity contribution in [3.63, 3.8) is 0 Å². The molecule has 0 radical (unpaired) electrons. The van der Waals surface area contributed by atoms with Gasteiger partial charge in [-0.3, -0.25) is 4.79 Å². The molecule has 26 heavy (non-hydrogen) atoms. The highest BCUT2D eigenvalue weighted by Crippen LogP contribution is 2.32. The van der Waals surface area contributed by atoms with Gasteiger partial charge in [-0.25, -0.2) is 0 Å². The number of carbonyl (C=O) groups is 1. The van der Waals surface area contributed by atoms with E-state index in [1.807, 2.05) is 61.5 Å². The molecule has 0 fully saturated rings. The first kappa shape index (κ1) is 17.8. The highest BCUT2D eigenvalue weighted by Gasteiger charge is 2.16. The van der Waals surface area contributed by atoms with Gasteiger partial charge in [-0.05, 0) is 40.5 Å². The third-order valence-corrected chi connectivity index (χ3v) is 4.50. The first-order chi connectivity index (χ1) is 12.6. The molecule has 1 unspecified atom stereocenters. The molecule has 0 saturated heterocycles. The Morgan fingerprint density at radius 1 is 0.962 bits per heavy atom. The van der Waals surface area contributed by atoms with E-state index in [0.717, 1.165) is 33.5 Å². The molecule has 0 aliphatic carbocycles. The summed E-state index contributed by atoms with van der Waals surface area (Å²) in [6.07, 6.45) is 0.371. The lowest BCUT2D eigenvalue weighted by molar-refractivity contribution is -0.116. The Labute approximate surface area is 153 Å². The van der Waals surface area contributed by atoms with Crippen molar-refractivity contribution in [3.05, 3.63) is 66.2 Å². The molecule has 3 rings (SSSR count). The average molecular weight is 349 g/mol. The summed E-state index contributed by atoms with van der Waals surface area (Å²) in [5.41, 5.74) is 1.80. The Bertz CT molecular complexity index is 920. The number of hydrogen-bond donors (Lipinski definition) is 1. The fourth-order valence-corrected chi connectivity index (χ4v) is 3.09. The molecule has 4 nitrogen and oxygen atoms in total. The van der Waals surface area contributed by atoms with Crippen LogP contribution in [-0.4, -0.2) is 20.1 Å². The number of fused-ring (bicyclic) bond motifs is 1. The minimum Gasteiger partial charge on any atom is -0.497 e. The lowest BCUT2D eigenvalue weighted by atomic mass is 9.96. The molecule has 4 heteroatoms. The molecule has 0 aliphatic rings. The number of carbonyl (C=O) groups excluding carboxylic acids is 1. The van der Waals surface area contributed by atoms with Gasteiger partial charge in [0.15, 0.2) is 0 Å². The van der Waals surface area contributed by atoms with Crippen LogP contribution < -0.4 is 14.8 Å². The molecular weight excluding hydrogens is 326 g/mol. The van der Waals surface area contributed by atoms with Crippen LogP contribution in [0.3, 0.4) is 0 Å². The van der Waals surface area contributed by atoms with E-state index in [1.165, 1.54) is 0 Å². The summed E-state index contributed by atoms with van der Waals surface area (Å²) in [6, 6.07) is 19.7.